The molecule has 0 aliphatic carbocycles. The summed E-state index contributed by atoms with van der Waals surface area (Å²) in [5.74, 6) is 0.937. The molecule has 9 nitrogen and oxygen atoms in total. The molecule has 0 amide bonds. The van der Waals surface area contributed by atoms with E-state index < -0.39 is 0 Å². The van der Waals surface area contributed by atoms with Gasteiger partial charge >= 0.3 is 0 Å². The quantitative estimate of drug-likeness (QED) is 0.513. The fourth-order valence-corrected chi connectivity index (χ4v) is 3.72. The zero-order chi connectivity index (χ0) is 20.1. The van der Waals surface area contributed by atoms with E-state index in [-0.39, 0.29) is 0 Å². The maximum absolute atomic E-state index is 6.22. The first kappa shape index (κ1) is 17.9. The molecule has 0 unspecified atom stereocenters. The standard InChI is InChI=1S/C19H19ClN8O/c1-10-5-6-14(11(2)22-10)28-12(3)15-18(26-28)29-8-4-7-27-17-13(16(20)25-27)9-21-19(23-15)24-17/h5-6,9H,4,7-8H2,1-3H3,(H,21,23,24). The van der Waals surface area contributed by atoms with Crippen molar-refractivity contribution in [1.82, 2.24) is 34.5 Å². The first-order valence-electron chi connectivity index (χ1n) is 9.34. The normalized spacial score (nSPS) is 13.7. The molecule has 0 atom stereocenters. The zero-order valence-electron chi connectivity index (χ0n) is 16.3. The minimum Gasteiger partial charge on any atom is -0.475 e. The number of hydrogen-bond acceptors (Lipinski definition) is 7. The number of fused-ring (bicyclic) bond motifs is 2. The highest BCUT2D eigenvalue weighted by Gasteiger charge is 2.21. The SMILES string of the molecule is Cc1ccc(-n2nc3c(c2C)Nc2ncc4c(Cl)nn(c4n2)CCCO3)c(C)n1. The van der Waals surface area contributed by atoms with E-state index in [1.54, 1.807) is 10.9 Å². The minimum atomic E-state index is 0.400. The molecule has 0 fully saturated rings. The van der Waals surface area contributed by atoms with Crippen LogP contribution in [-0.4, -0.2) is 41.1 Å². The molecule has 5 rings (SSSR count). The van der Waals surface area contributed by atoms with Gasteiger partial charge in [-0.05, 0) is 32.9 Å². The lowest BCUT2D eigenvalue weighted by Crippen LogP contribution is -2.07. The molecule has 0 saturated heterocycles. The van der Waals surface area contributed by atoms with Gasteiger partial charge in [-0.1, -0.05) is 11.6 Å². The molecule has 0 aromatic carbocycles. The van der Waals surface area contributed by atoms with Crippen molar-refractivity contribution in [2.45, 2.75) is 33.7 Å². The Morgan fingerprint density at radius 2 is 2.00 bits per heavy atom. The lowest BCUT2D eigenvalue weighted by Gasteiger charge is -2.09. The van der Waals surface area contributed by atoms with Crippen molar-refractivity contribution in [3.05, 3.63) is 40.6 Å². The van der Waals surface area contributed by atoms with E-state index in [0.29, 0.717) is 35.8 Å². The summed E-state index contributed by atoms with van der Waals surface area (Å²) in [6.45, 7) is 7.03. The minimum absolute atomic E-state index is 0.400. The average molecular weight is 411 g/mol. The molecule has 1 N–H and O–H groups in total. The maximum Gasteiger partial charge on any atom is 0.257 e. The number of nitrogens with one attached hydrogen (secondary N) is 1. The first-order chi connectivity index (χ1) is 14.0. The summed E-state index contributed by atoms with van der Waals surface area (Å²) in [4.78, 5) is 13.6. The van der Waals surface area contributed by atoms with E-state index in [1.165, 1.54) is 0 Å². The number of nitrogens with zero attached hydrogens (tertiary/aromatic N) is 7. The molecule has 5 heterocycles. The Balaban J connectivity index is 1.64. The number of rotatable bonds is 1. The van der Waals surface area contributed by atoms with Gasteiger partial charge in [-0.3, -0.25) is 4.98 Å². The van der Waals surface area contributed by atoms with Crippen LogP contribution in [0.25, 0.3) is 16.7 Å². The molecule has 4 aromatic heterocycles. The monoisotopic (exact) mass is 410 g/mol. The Bertz CT molecular complexity index is 1240. The lowest BCUT2D eigenvalue weighted by molar-refractivity contribution is 0.288. The van der Waals surface area contributed by atoms with Gasteiger partial charge in [-0.15, -0.1) is 5.10 Å². The van der Waals surface area contributed by atoms with Crippen molar-refractivity contribution in [2.24, 2.45) is 0 Å². The van der Waals surface area contributed by atoms with Crippen molar-refractivity contribution in [3.63, 3.8) is 0 Å². The molecule has 1 aliphatic heterocycles. The van der Waals surface area contributed by atoms with Crippen molar-refractivity contribution < 1.29 is 4.74 Å². The van der Waals surface area contributed by atoms with Crippen LogP contribution in [0.3, 0.4) is 0 Å². The van der Waals surface area contributed by atoms with E-state index in [2.05, 4.69) is 25.4 Å². The highest BCUT2D eigenvalue weighted by molar-refractivity contribution is 6.34. The predicted molar refractivity (Wildman–Crippen MR) is 109 cm³/mol. The molecule has 1 aliphatic rings. The topological polar surface area (TPSA) is 95.6 Å². The second-order valence-electron chi connectivity index (χ2n) is 7.01. The van der Waals surface area contributed by atoms with Gasteiger partial charge in [0, 0.05) is 24.9 Å². The number of aryl methyl sites for hydroxylation is 3. The van der Waals surface area contributed by atoms with Gasteiger partial charge in [-0.25, -0.2) is 14.3 Å². The fourth-order valence-electron chi connectivity index (χ4n) is 3.49. The number of pyridine rings is 1. The third kappa shape index (κ3) is 2.98. The Morgan fingerprint density at radius 1 is 1.14 bits per heavy atom. The summed E-state index contributed by atoms with van der Waals surface area (Å²) in [5.41, 5.74) is 5.06. The van der Waals surface area contributed by atoms with E-state index in [0.717, 1.165) is 40.3 Å². The highest BCUT2D eigenvalue weighted by atomic mass is 35.5. The Hall–Kier alpha value is -3.20. The van der Waals surface area contributed by atoms with Gasteiger partial charge in [0.15, 0.2) is 10.8 Å². The maximum atomic E-state index is 6.22. The molecular formula is C19H19ClN8O. The van der Waals surface area contributed by atoms with Gasteiger partial charge in [0.05, 0.1) is 29.1 Å². The third-order valence-corrected chi connectivity index (χ3v) is 5.22. The van der Waals surface area contributed by atoms with Crippen molar-refractivity contribution in [3.8, 4) is 11.6 Å². The van der Waals surface area contributed by atoms with E-state index in [1.807, 2.05) is 37.6 Å². The molecule has 2 bridgehead atoms. The predicted octanol–water partition coefficient (Wildman–Crippen LogP) is 3.51. The van der Waals surface area contributed by atoms with Crippen LogP contribution in [-0.2, 0) is 6.54 Å². The average Bonchev–Trinajstić information content (AvgIpc) is 3.16. The van der Waals surface area contributed by atoms with E-state index in [9.17, 15) is 0 Å². The summed E-state index contributed by atoms with van der Waals surface area (Å²) < 4.78 is 9.62. The number of aromatic nitrogens is 7. The second kappa shape index (κ2) is 6.70. The fraction of sp³-hybridized carbons (Fsp3) is 0.316. The van der Waals surface area contributed by atoms with Crippen LogP contribution in [0.4, 0.5) is 11.6 Å². The van der Waals surface area contributed by atoms with Crippen LogP contribution in [0.2, 0.25) is 5.15 Å². The smallest absolute Gasteiger partial charge is 0.257 e. The number of anilines is 2. The Kier molecular flexibility index (Phi) is 4.13. The third-order valence-electron chi connectivity index (χ3n) is 4.94. The van der Waals surface area contributed by atoms with Crippen LogP contribution in [0, 0.1) is 20.8 Å². The largest absolute Gasteiger partial charge is 0.475 e. The van der Waals surface area contributed by atoms with Crippen LogP contribution >= 0.6 is 11.6 Å². The second-order valence-corrected chi connectivity index (χ2v) is 7.36. The molecule has 148 valence electrons. The Morgan fingerprint density at radius 3 is 2.83 bits per heavy atom. The van der Waals surface area contributed by atoms with Gasteiger partial charge < -0.3 is 10.1 Å². The molecular weight excluding hydrogens is 392 g/mol. The summed E-state index contributed by atoms with van der Waals surface area (Å²) in [5, 5.41) is 13.4. The molecule has 0 spiro atoms. The van der Waals surface area contributed by atoms with E-state index in [4.69, 9.17) is 21.4 Å². The van der Waals surface area contributed by atoms with Crippen LogP contribution in [0.1, 0.15) is 23.5 Å². The van der Waals surface area contributed by atoms with Crippen LogP contribution in [0.5, 0.6) is 5.88 Å². The highest BCUT2D eigenvalue weighted by Crippen LogP contribution is 2.33. The van der Waals surface area contributed by atoms with Crippen LogP contribution < -0.4 is 10.1 Å². The van der Waals surface area contributed by atoms with Gasteiger partial charge in [0.2, 0.25) is 5.95 Å². The Labute approximate surface area is 171 Å². The number of hydrogen-bond donors (Lipinski definition) is 1. The molecule has 0 saturated carbocycles. The zero-order valence-corrected chi connectivity index (χ0v) is 17.0. The molecule has 4 aromatic rings. The number of ether oxygens (including phenoxy) is 1. The summed E-state index contributed by atoms with van der Waals surface area (Å²) in [7, 11) is 0. The number of halogens is 1. The van der Waals surface area contributed by atoms with Gasteiger partial charge in [0.25, 0.3) is 5.88 Å². The van der Waals surface area contributed by atoms with Crippen LogP contribution in [0.15, 0.2) is 18.3 Å². The van der Waals surface area contributed by atoms with E-state index >= 15 is 0 Å². The molecule has 10 heteroatoms. The van der Waals surface area contributed by atoms with Crippen molar-refractivity contribution in [2.75, 3.05) is 11.9 Å². The summed E-state index contributed by atoms with van der Waals surface area (Å²) >= 11 is 6.22. The summed E-state index contributed by atoms with van der Waals surface area (Å²) in [6.07, 6.45) is 2.42. The molecule has 29 heavy (non-hydrogen) atoms. The first-order valence-corrected chi connectivity index (χ1v) is 9.72. The van der Waals surface area contributed by atoms with Crippen molar-refractivity contribution in [1.29, 1.82) is 0 Å². The summed E-state index contributed by atoms with van der Waals surface area (Å²) in [6, 6.07) is 3.98. The van der Waals surface area contributed by atoms with Gasteiger partial charge in [-0.2, -0.15) is 10.1 Å². The van der Waals surface area contributed by atoms with Gasteiger partial charge in [0.1, 0.15) is 5.69 Å². The van der Waals surface area contributed by atoms with Crippen molar-refractivity contribution >= 4 is 34.3 Å². The lowest BCUT2D eigenvalue weighted by atomic mass is 10.2. The molecule has 0 radical (unpaired) electrons.